The lowest BCUT2D eigenvalue weighted by molar-refractivity contribution is 0.219. The second kappa shape index (κ2) is 20.7. The van der Waals surface area contributed by atoms with Crippen molar-refractivity contribution < 1.29 is 0 Å². The molecule has 0 bridgehead atoms. The van der Waals surface area contributed by atoms with Gasteiger partial charge in [0.1, 0.15) is 0 Å². The van der Waals surface area contributed by atoms with E-state index in [-0.39, 0.29) is 0 Å². The molecule has 0 aromatic carbocycles. The van der Waals surface area contributed by atoms with Crippen LogP contribution in [-0.4, -0.2) is 58.2 Å². The number of piperidine rings is 1. The van der Waals surface area contributed by atoms with Crippen LogP contribution in [0.15, 0.2) is 30.4 Å². The normalized spacial score (nSPS) is 14.3. The second-order valence-corrected chi connectivity index (χ2v) is 7.93. The molecule has 2 aromatic rings. The van der Waals surface area contributed by atoms with E-state index >= 15 is 0 Å². The molecule has 1 fully saturated rings. The van der Waals surface area contributed by atoms with Crippen molar-refractivity contribution in [1.82, 2.24) is 24.8 Å². The van der Waals surface area contributed by atoms with Gasteiger partial charge in [-0.1, -0.05) is 73.3 Å². The fraction of sp³-hybridized carbons (Fsp3) is 0.600. The minimum atomic E-state index is 0.431. The first-order valence-electron chi connectivity index (χ1n) is 14.1. The summed E-state index contributed by atoms with van der Waals surface area (Å²) in [5.74, 6) is 0.894. The van der Waals surface area contributed by atoms with Crippen molar-refractivity contribution >= 4 is 18.6 Å². The predicted molar refractivity (Wildman–Crippen MR) is 160 cm³/mol. The Labute approximate surface area is 221 Å². The van der Waals surface area contributed by atoms with Gasteiger partial charge in [0.05, 0.1) is 22.9 Å². The zero-order valence-electron chi connectivity index (χ0n) is 24.7. The molecule has 2 aromatic heterocycles. The van der Waals surface area contributed by atoms with Crippen LogP contribution in [0.1, 0.15) is 79.6 Å². The first-order valence-corrected chi connectivity index (χ1v) is 14.1. The van der Waals surface area contributed by atoms with Crippen molar-refractivity contribution in [2.45, 2.75) is 87.7 Å². The minimum absolute atomic E-state index is 0.431. The Hall–Kier alpha value is -2.44. The number of hydrogen-bond acceptors (Lipinski definition) is 5. The number of pyridine rings is 1. The Bertz CT molecular complexity index is 939. The standard InChI is InChI=1S/C24H36N6.3C2H6/c1-5-7-11-23-20(4)27-24(30(23)18-22-10-8-9-19(3)26-22)28-21-12-15-29(16-13-21)17-14-25-6-2;3*1-2/h5,7-11,21,25H,4,6,12-18H2,1-3H3,(H,27,28);3*1-2H3/b7-5-,23-11+;;;. The molecule has 0 radical (unpaired) electrons. The van der Waals surface area contributed by atoms with Gasteiger partial charge in [-0.2, -0.15) is 0 Å². The molecule has 2 N–H and O–H groups in total. The molecule has 0 saturated carbocycles. The molecule has 0 spiro atoms. The summed E-state index contributed by atoms with van der Waals surface area (Å²) in [5.41, 5.74) is 2.06. The molecule has 0 amide bonds. The van der Waals surface area contributed by atoms with Gasteiger partial charge in [0, 0.05) is 37.9 Å². The predicted octanol–water partition coefficient (Wildman–Crippen LogP) is 4.97. The van der Waals surface area contributed by atoms with E-state index in [1.165, 1.54) is 0 Å². The fourth-order valence-electron chi connectivity index (χ4n) is 3.91. The summed E-state index contributed by atoms with van der Waals surface area (Å²) in [4.78, 5) is 12.0. The molecular weight excluding hydrogens is 444 g/mol. The van der Waals surface area contributed by atoms with Crippen molar-refractivity contribution in [3.8, 4) is 0 Å². The third kappa shape index (κ3) is 11.5. The number of aryl methyl sites for hydroxylation is 1. The smallest absolute Gasteiger partial charge is 0.204 e. The van der Waals surface area contributed by atoms with Crippen LogP contribution in [0.2, 0.25) is 0 Å². The van der Waals surface area contributed by atoms with Gasteiger partial charge in [-0.15, -0.1) is 0 Å². The lowest BCUT2D eigenvalue weighted by Gasteiger charge is -2.32. The molecule has 204 valence electrons. The fourth-order valence-corrected chi connectivity index (χ4v) is 3.91. The monoisotopic (exact) mass is 498 g/mol. The van der Waals surface area contributed by atoms with Crippen LogP contribution in [0.5, 0.6) is 0 Å². The van der Waals surface area contributed by atoms with Crippen molar-refractivity contribution in [3.63, 3.8) is 0 Å². The van der Waals surface area contributed by atoms with Crippen LogP contribution >= 0.6 is 0 Å². The lowest BCUT2D eigenvalue weighted by Crippen LogP contribution is -2.42. The molecule has 0 atom stereocenters. The highest BCUT2D eigenvalue weighted by Crippen LogP contribution is 2.15. The van der Waals surface area contributed by atoms with E-state index in [0.717, 1.165) is 73.6 Å². The number of imidazole rings is 1. The van der Waals surface area contributed by atoms with Crippen LogP contribution in [-0.2, 0) is 6.54 Å². The topological polar surface area (TPSA) is 58.0 Å². The summed E-state index contributed by atoms with van der Waals surface area (Å²) >= 11 is 0. The number of anilines is 1. The Kier molecular flexibility index (Phi) is 19.3. The third-order valence-electron chi connectivity index (χ3n) is 5.57. The van der Waals surface area contributed by atoms with Crippen molar-refractivity contribution in [2.75, 3.05) is 38.0 Å². The van der Waals surface area contributed by atoms with Crippen LogP contribution < -0.4 is 21.3 Å². The summed E-state index contributed by atoms with van der Waals surface area (Å²) in [5, 5.41) is 8.95. The average molecular weight is 499 g/mol. The highest BCUT2D eigenvalue weighted by Gasteiger charge is 2.20. The zero-order valence-corrected chi connectivity index (χ0v) is 24.7. The number of aromatic nitrogens is 3. The van der Waals surface area contributed by atoms with Crippen LogP contribution in [0.4, 0.5) is 5.95 Å². The molecule has 36 heavy (non-hydrogen) atoms. The van der Waals surface area contributed by atoms with Crippen molar-refractivity contribution in [1.29, 1.82) is 0 Å². The largest absolute Gasteiger partial charge is 0.353 e. The Morgan fingerprint density at radius 2 is 1.72 bits per heavy atom. The first-order chi connectivity index (χ1) is 17.6. The summed E-state index contributed by atoms with van der Waals surface area (Å²) in [7, 11) is 0. The molecule has 6 nitrogen and oxygen atoms in total. The van der Waals surface area contributed by atoms with Gasteiger partial charge < -0.3 is 20.1 Å². The van der Waals surface area contributed by atoms with Crippen LogP contribution in [0.3, 0.4) is 0 Å². The van der Waals surface area contributed by atoms with E-state index in [2.05, 4.69) is 51.8 Å². The Balaban J connectivity index is 0.00000190. The second-order valence-electron chi connectivity index (χ2n) is 7.93. The van der Waals surface area contributed by atoms with Crippen LogP contribution in [0.25, 0.3) is 12.7 Å². The van der Waals surface area contributed by atoms with E-state index in [9.17, 15) is 0 Å². The highest BCUT2D eigenvalue weighted by molar-refractivity contribution is 5.40. The van der Waals surface area contributed by atoms with Gasteiger partial charge in [-0.3, -0.25) is 4.98 Å². The maximum atomic E-state index is 4.78. The molecular formula is C30H54N6. The molecule has 1 aliphatic heterocycles. The van der Waals surface area contributed by atoms with Gasteiger partial charge in [-0.25, -0.2) is 4.98 Å². The summed E-state index contributed by atoms with van der Waals surface area (Å²) in [6.07, 6.45) is 8.40. The first kappa shape index (κ1) is 33.6. The Morgan fingerprint density at radius 3 is 2.31 bits per heavy atom. The van der Waals surface area contributed by atoms with Gasteiger partial charge in [0.15, 0.2) is 0 Å². The van der Waals surface area contributed by atoms with Crippen molar-refractivity contribution in [2.24, 2.45) is 0 Å². The van der Waals surface area contributed by atoms with E-state index in [4.69, 9.17) is 9.97 Å². The van der Waals surface area contributed by atoms with E-state index in [1.54, 1.807) is 0 Å². The molecule has 1 aliphatic rings. The third-order valence-corrected chi connectivity index (χ3v) is 5.57. The van der Waals surface area contributed by atoms with Gasteiger partial charge >= 0.3 is 0 Å². The zero-order chi connectivity index (χ0) is 27.3. The van der Waals surface area contributed by atoms with Crippen molar-refractivity contribution in [3.05, 3.63) is 52.4 Å². The van der Waals surface area contributed by atoms with Gasteiger partial charge in [-0.05, 0) is 51.4 Å². The van der Waals surface area contributed by atoms with Crippen LogP contribution in [0, 0.1) is 6.92 Å². The molecule has 3 rings (SSSR count). The molecule has 0 unspecified atom stereocenters. The number of nitrogens with zero attached hydrogens (tertiary/aromatic N) is 4. The molecule has 6 heteroatoms. The number of likely N-dealkylation sites (tertiary alicyclic amines) is 1. The number of rotatable bonds is 9. The molecule has 1 saturated heterocycles. The lowest BCUT2D eigenvalue weighted by atomic mass is 10.1. The van der Waals surface area contributed by atoms with E-state index < -0.39 is 0 Å². The van der Waals surface area contributed by atoms with Gasteiger partial charge in [0.2, 0.25) is 5.95 Å². The molecule has 3 heterocycles. The summed E-state index contributed by atoms with van der Waals surface area (Å²) in [6.45, 7) is 28.5. The number of hydrogen-bond donors (Lipinski definition) is 2. The SMILES string of the molecule is C=c1nc(NC2CCN(CCNCC)CC2)n(Cc2cccc(C)n2)/c1=C/C=C\C.CC.CC.CC. The number of likely N-dealkylation sites (N-methyl/N-ethyl adjacent to an activating group) is 1. The van der Waals surface area contributed by atoms with E-state index in [0.29, 0.717) is 12.6 Å². The summed E-state index contributed by atoms with van der Waals surface area (Å²) in [6, 6.07) is 6.59. The maximum absolute atomic E-state index is 4.78. The molecule has 0 aliphatic carbocycles. The Morgan fingerprint density at radius 1 is 1.06 bits per heavy atom. The quantitative estimate of drug-likeness (QED) is 0.478. The minimum Gasteiger partial charge on any atom is -0.353 e. The highest BCUT2D eigenvalue weighted by atomic mass is 15.2. The van der Waals surface area contributed by atoms with Gasteiger partial charge in [0.25, 0.3) is 0 Å². The number of nitrogens with one attached hydrogen (secondary N) is 2. The maximum Gasteiger partial charge on any atom is 0.204 e. The number of allylic oxidation sites excluding steroid dienone is 2. The summed E-state index contributed by atoms with van der Waals surface area (Å²) < 4.78 is 2.21. The average Bonchev–Trinajstić information content (AvgIpc) is 3.20. The van der Waals surface area contributed by atoms with E-state index in [1.807, 2.05) is 73.6 Å².